The van der Waals surface area contributed by atoms with Gasteiger partial charge in [-0.2, -0.15) is 0 Å². The molecule has 0 unspecified atom stereocenters. The lowest BCUT2D eigenvalue weighted by Gasteiger charge is -2.31. The van der Waals surface area contributed by atoms with Crippen molar-refractivity contribution in [3.05, 3.63) is 229 Å². The molecule has 0 atom stereocenters. The smallest absolute Gasteiger partial charge is 0.164 e. The predicted octanol–water partition coefficient (Wildman–Crippen LogP) is 14.2. The second-order valence-electron chi connectivity index (χ2n) is 18.0. The minimum absolute atomic E-state index is 0.480. The Morgan fingerprint density at radius 2 is 0.778 bits per heavy atom. The highest BCUT2D eigenvalue weighted by Gasteiger charge is 2.51. The molecular weight excluding hydrogens is 779 g/mol. The van der Waals surface area contributed by atoms with Crippen LogP contribution in [0.2, 0.25) is 19.6 Å². The predicted molar refractivity (Wildman–Crippen MR) is 264 cm³/mol. The van der Waals surface area contributed by atoms with Crippen molar-refractivity contribution in [3.63, 3.8) is 0 Å². The van der Waals surface area contributed by atoms with E-state index in [9.17, 15) is 0 Å². The van der Waals surface area contributed by atoms with Crippen LogP contribution in [0.15, 0.2) is 206 Å². The first-order valence-corrected chi connectivity index (χ1v) is 25.3. The summed E-state index contributed by atoms with van der Waals surface area (Å²) in [6.45, 7) is 7.24. The standard InChI is InChI=1S/C59H43N3Si/c1-63(2,3)45-31-27-38(28-32-45)42-29-33-49-50-34-30-43(37-55(50)59(54(49)36-42)52-25-11-9-22-47(52)48-23-10-12-26-53(48)59)41-19-13-20-44(35-41)57-60-56(40-16-5-4-6-17-40)61-58(62-57)51-24-14-18-39-15-7-8-21-46(39)51/h4-37H,1-3H3. The summed E-state index contributed by atoms with van der Waals surface area (Å²) < 4.78 is 0. The van der Waals surface area contributed by atoms with Crippen LogP contribution in [0.3, 0.4) is 0 Å². The zero-order chi connectivity index (χ0) is 42.3. The molecule has 0 fully saturated rings. The van der Waals surface area contributed by atoms with Crippen molar-refractivity contribution in [2.75, 3.05) is 0 Å². The topological polar surface area (TPSA) is 38.7 Å². The molecule has 0 N–H and O–H groups in total. The monoisotopic (exact) mass is 821 g/mol. The third-order valence-corrected chi connectivity index (χ3v) is 15.4. The molecule has 63 heavy (non-hydrogen) atoms. The number of benzene rings is 9. The van der Waals surface area contributed by atoms with E-state index in [4.69, 9.17) is 15.0 Å². The number of fused-ring (bicyclic) bond motifs is 11. The van der Waals surface area contributed by atoms with Crippen molar-refractivity contribution in [2.45, 2.75) is 25.1 Å². The van der Waals surface area contributed by atoms with Gasteiger partial charge >= 0.3 is 0 Å². The molecule has 1 spiro atoms. The van der Waals surface area contributed by atoms with Crippen LogP contribution < -0.4 is 5.19 Å². The summed E-state index contributed by atoms with van der Waals surface area (Å²) in [5, 5.41) is 3.74. The summed E-state index contributed by atoms with van der Waals surface area (Å²) in [6, 6.07) is 75.4. The van der Waals surface area contributed by atoms with Crippen LogP contribution in [0.1, 0.15) is 22.3 Å². The molecule has 3 nitrogen and oxygen atoms in total. The zero-order valence-corrected chi connectivity index (χ0v) is 36.5. The normalized spacial score (nSPS) is 13.1. The molecule has 1 aromatic heterocycles. The number of hydrogen-bond donors (Lipinski definition) is 0. The number of nitrogens with zero attached hydrogens (tertiary/aromatic N) is 3. The van der Waals surface area contributed by atoms with Crippen molar-refractivity contribution in [1.82, 2.24) is 15.0 Å². The molecule has 0 amide bonds. The highest BCUT2D eigenvalue weighted by atomic mass is 28.3. The van der Waals surface area contributed by atoms with Crippen LogP contribution >= 0.6 is 0 Å². The van der Waals surface area contributed by atoms with Gasteiger partial charge in [0.15, 0.2) is 17.5 Å². The Balaban J connectivity index is 1.03. The lowest BCUT2D eigenvalue weighted by Crippen LogP contribution is -2.37. The minimum Gasteiger partial charge on any atom is -0.208 e. The van der Waals surface area contributed by atoms with E-state index in [1.54, 1.807) is 0 Å². The van der Waals surface area contributed by atoms with Crippen molar-refractivity contribution in [3.8, 4) is 78.7 Å². The molecule has 0 radical (unpaired) electrons. The van der Waals surface area contributed by atoms with Gasteiger partial charge in [-0.25, -0.2) is 15.0 Å². The van der Waals surface area contributed by atoms with Crippen molar-refractivity contribution in [1.29, 1.82) is 0 Å². The maximum absolute atomic E-state index is 5.21. The van der Waals surface area contributed by atoms with Crippen LogP contribution in [-0.4, -0.2) is 23.0 Å². The summed E-state index contributed by atoms with van der Waals surface area (Å²) in [7, 11) is -1.43. The van der Waals surface area contributed by atoms with Gasteiger partial charge < -0.3 is 0 Å². The fourth-order valence-electron chi connectivity index (χ4n) is 10.3. The van der Waals surface area contributed by atoms with E-state index >= 15 is 0 Å². The van der Waals surface area contributed by atoms with E-state index in [-0.39, 0.29) is 0 Å². The number of hydrogen-bond acceptors (Lipinski definition) is 3. The third-order valence-electron chi connectivity index (χ3n) is 13.3. The summed E-state index contributed by atoms with van der Waals surface area (Å²) in [5.74, 6) is 1.95. The molecule has 0 aliphatic heterocycles. The van der Waals surface area contributed by atoms with Gasteiger partial charge in [-0.15, -0.1) is 0 Å². The molecule has 0 saturated carbocycles. The van der Waals surface area contributed by atoms with Gasteiger partial charge in [-0.3, -0.25) is 0 Å². The lowest BCUT2D eigenvalue weighted by atomic mass is 9.70. The first kappa shape index (κ1) is 37.2. The van der Waals surface area contributed by atoms with E-state index in [0.29, 0.717) is 17.5 Å². The maximum Gasteiger partial charge on any atom is 0.164 e. The highest BCUT2D eigenvalue weighted by Crippen LogP contribution is 2.63. The van der Waals surface area contributed by atoms with Crippen molar-refractivity contribution in [2.24, 2.45) is 0 Å². The van der Waals surface area contributed by atoms with Crippen LogP contribution in [0.5, 0.6) is 0 Å². The van der Waals surface area contributed by atoms with E-state index < -0.39 is 13.5 Å². The first-order valence-electron chi connectivity index (χ1n) is 21.8. The van der Waals surface area contributed by atoms with Gasteiger partial charge in [0.05, 0.1) is 13.5 Å². The fourth-order valence-corrected chi connectivity index (χ4v) is 11.4. The number of aromatic nitrogens is 3. The molecule has 0 saturated heterocycles. The minimum atomic E-state index is -1.43. The Hall–Kier alpha value is -7.53. The molecule has 12 rings (SSSR count). The van der Waals surface area contributed by atoms with Crippen LogP contribution in [0, 0.1) is 0 Å². The second kappa shape index (κ2) is 14.3. The molecule has 10 aromatic rings. The molecule has 0 bridgehead atoms. The quantitative estimate of drug-likeness (QED) is 0.157. The summed E-state index contributed by atoms with van der Waals surface area (Å²) in [6.07, 6.45) is 0. The lowest BCUT2D eigenvalue weighted by molar-refractivity contribution is 0.794. The Kier molecular flexibility index (Phi) is 8.44. The Labute approximate surface area is 369 Å². The number of rotatable bonds is 6. The average Bonchev–Trinajstić information content (AvgIpc) is 3.80. The van der Waals surface area contributed by atoms with E-state index in [0.717, 1.165) is 38.6 Å². The van der Waals surface area contributed by atoms with Gasteiger partial charge in [-0.1, -0.05) is 213 Å². The van der Waals surface area contributed by atoms with Crippen LogP contribution in [-0.2, 0) is 5.41 Å². The Bertz CT molecular complexity index is 3390. The van der Waals surface area contributed by atoms with Gasteiger partial charge in [0.2, 0.25) is 0 Å². The first-order chi connectivity index (χ1) is 30.8. The molecule has 1 heterocycles. The SMILES string of the molecule is C[Si](C)(C)c1ccc(-c2ccc3c(c2)C2(c4ccccc4-c4ccccc42)c2cc(-c4cccc(-c5nc(-c6ccccc6)nc(-c6cccc7ccccc67)n5)c4)ccc2-3)cc1. The van der Waals surface area contributed by atoms with Gasteiger partial charge in [0.1, 0.15) is 0 Å². The van der Waals surface area contributed by atoms with Crippen molar-refractivity contribution < 1.29 is 0 Å². The van der Waals surface area contributed by atoms with Gasteiger partial charge in [0.25, 0.3) is 0 Å². The summed E-state index contributed by atoms with van der Waals surface area (Å²) in [5.41, 5.74) is 17.6. The van der Waals surface area contributed by atoms with Crippen LogP contribution in [0.25, 0.3) is 89.4 Å². The summed E-state index contributed by atoms with van der Waals surface area (Å²) >= 11 is 0. The largest absolute Gasteiger partial charge is 0.208 e. The van der Waals surface area contributed by atoms with E-state index in [2.05, 4.69) is 208 Å². The maximum atomic E-state index is 5.21. The van der Waals surface area contributed by atoms with Crippen LogP contribution in [0.4, 0.5) is 0 Å². The Morgan fingerprint density at radius 1 is 0.317 bits per heavy atom. The molecule has 9 aromatic carbocycles. The zero-order valence-electron chi connectivity index (χ0n) is 35.5. The van der Waals surface area contributed by atoms with E-state index in [1.165, 1.54) is 60.8 Å². The third kappa shape index (κ3) is 5.90. The Morgan fingerprint density at radius 3 is 1.46 bits per heavy atom. The van der Waals surface area contributed by atoms with E-state index in [1.807, 2.05) is 18.2 Å². The molecule has 2 aliphatic rings. The van der Waals surface area contributed by atoms with Gasteiger partial charge in [-0.05, 0) is 95.7 Å². The molecule has 2 aliphatic carbocycles. The summed E-state index contributed by atoms with van der Waals surface area (Å²) in [4.78, 5) is 15.4. The van der Waals surface area contributed by atoms with Gasteiger partial charge in [0, 0.05) is 16.7 Å². The molecule has 4 heteroatoms. The molecule has 298 valence electrons. The second-order valence-corrected chi connectivity index (χ2v) is 23.0. The van der Waals surface area contributed by atoms with Crippen molar-refractivity contribution >= 4 is 24.0 Å². The fraction of sp³-hybridized carbons (Fsp3) is 0.0678. The molecular formula is C59H43N3Si. The average molecular weight is 822 g/mol. The highest BCUT2D eigenvalue weighted by molar-refractivity contribution is 6.88.